The Balaban J connectivity index is 2.10. The second kappa shape index (κ2) is 9.45. The average Bonchev–Trinajstić information content (AvgIpc) is 2.98. The number of halogens is 1. The molecule has 158 valence electrons. The normalized spacial score (nSPS) is 18.3. The molecule has 1 heterocycles. The van der Waals surface area contributed by atoms with Crippen molar-refractivity contribution in [3.05, 3.63) is 69.7 Å². The smallest absolute Gasteiger partial charge is 0.295 e. The Morgan fingerprint density at radius 1 is 1.10 bits per heavy atom. The lowest BCUT2D eigenvalue weighted by Gasteiger charge is -2.26. The maximum absolute atomic E-state index is 12.9. The van der Waals surface area contributed by atoms with Crippen molar-refractivity contribution < 1.29 is 19.4 Å². The lowest BCUT2D eigenvalue weighted by molar-refractivity contribution is -0.140. The summed E-state index contributed by atoms with van der Waals surface area (Å²) >= 11 is 3.37. The standard InChI is InChI=1S/C23H25BrN2O4/c1-4-30-18-11-7-15(8-12-18)20-19(21(27)16-5-9-17(24)10-6-16)22(28)23(29)26(20)14-13-25(2)3/h5-12,20,27H,4,13-14H2,1-3H3. The van der Waals surface area contributed by atoms with Crippen LogP contribution in [0, 0.1) is 0 Å². The van der Waals surface area contributed by atoms with Gasteiger partial charge in [0.25, 0.3) is 11.7 Å². The minimum atomic E-state index is -0.673. The van der Waals surface area contributed by atoms with Gasteiger partial charge in [-0.15, -0.1) is 0 Å². The molecule has 30 heavy (non-hydrogen) atoms. The number of carbonyl (C=O) groups excluding carboxylic acids is 2. The van der Waals surface area contributed by atoms with Crippen LogP contribution in [0.2, 0.25) is 0 Å². The summed E-state index contributed by atoms with van der Waals surface area (Å²) < 4.78 is 6.36. The van der Waals surface area contributed by atoms with Crippen molar-refractivity contribution in [2.24, 2.45) is 0 Å². The Kier molecular flexibility index (Phi) is 6.95. The summed E-state index contributed by atoms with van der Waals surface area (Å²) in [6.07, 6.45) is 0. The SMILES string of the molecule is CCOc1ccc(C2C(=C(O)c3ccc(Br)cc3)C(=O)C(=O)N2CCN(C)C)cc1. The second-order valence-corrected chi connectivity index (χ2v) is 8.22. The number of hydrogen-bond donors (Lipinski definition) is 1. The molecule has 3 rings (SSSR count). The number of likely N-dealkylation sites (tertiary alicyclic amines) is 1. The van der Waals surface area contributed by atoms with E-state index in [4.69, 9.17) is 4.74 Å². The van der Waals surface area contributed by atoms with Crippen molar-refractivity contribution in [2.45, 2.75) is 13.0 Å². The van der Waals surface area contributed by atoms with Crippen LogP contribution < -0.4 is 4.74 Å². The molecule has 1 saturated heterocycles. The van der Waals surface area contributed by atoms with Crippen LogP contribution >= 0.6 is 15.9 Å². The number of Topliss-reactive ketones (excluding diaryl/α,β-unsaturated/α-hetero) is 1. The summed E-state index contributed by atoms with van der Waals surface area (Å²) in [5.74, 6) is -0.742. The Labute approximate surface area is 184 Å². The zero-order valence-electron chi connectivity index (χ0n) is 17.3. The predicted molar refractivity (Wildman–Crippen MR) is 119 cm³/mol. The van der Waals surface area contributed by atoms with Crippen molar-refractivity contribution >= 4 is 33.4 Å². The van der Waals surface area contributed by atoms with E-state index >= 15 is 0 Å². The van der Waals surface area contributed by atoms with Crippen molar-refractivity contribution in [3.8, 4) is 5.75 Å². The molecule has 6 nitrogen and oxygen atoms in total. The summed E-state index contributed by atoms with van der Waals surface area (Å²) in [5, 5.41) is 11.0. The molecular formula is C23H25BrN2O4. The number of aliphatic hydroxyl groups excluding tert-OH is 1. The highest BCUT2D eigenvalue weighted by Crippen LogP contribution is 2.39. The van der Waals surface area contributed by atoms with Crippen LogP contribution in [0.4, 0.5) is 0 Å². The second-order valence-electron chi connectivity index (χ2n) is 7.30. The molecule has 1 amide bonds. The minimum Gasteiger partial charge on any atom is -0.507 e. The highest BCUT2D eigenvalue weighted by Gasteiger charge is 2.45. The van der Waals surface area contributed by atoms with E-state index < -0.39 is 17.7 Å². The molecule has 0 saturated carbocycles. The van der Waals surface area contributed by atoms with Gasteiger partial charge < -0.3 is 19.6 Å². The van der Waals surface area contributed by atoms with Crippen molar-refractivity contribution in [1.29, 1.82) is 0 Å². The summed E-state index contributed by atoms with van der Waals surface area (Å²) in [6, 6.07) is 13.6. The van der Waals surface area contributed by atoms with Gasteiger partial charge in [0, 0.05) is 23.1 Å². The highest BCUT2D eigenvalue weighted by atomic mass is 79.9. The fourth-order valence-electron chi connectivity index (χ4n) is 3.44. The van der Waals surface area contributed by atoms with Crippen LogP contribution in [0.15, 0.2) is 58.6 Å². The summed E-state index contributed by atoms with van der Waals surface area (Å²) in [6.45, 7) is 3.41. The van der Waals surface area contributed by atoms with Crippen LogP contribution in [0.25, 0.3) is 5.76 Å². The number of ether oxygens (including phenoxy) is 1. The number of carbonyl (C=O) groups is 2. The Morgan fingerprint density at radius 3 is 2.30 bits per heavy atom. The first-order chi connectivity index (χ1) is 14.3. The van der Waals surface area contributed by atoms with Gasteiger partial charge in [-0.2, -0.15) is 0 Å². The van der Waals surface area contributed by atoms with Gasteiger partial charge >= 0.3 is 0 Å². The maximum atomic E-state index is 12.9. The monoisotopic (exact) mass is 472 g/mol. The quantitative estimate of drug-likeness (QED) is 0.376. The molecule has 1 fully saturated rings. The summed E-state index contributed by atoms with van der Waals surface area (Å²) in [4.78, 5) is 29.3. The first-order valence-corrected chi connectivity index (χ1v) is 10.5. The van der Waals surface area contributed by atoms with E-state index in [-0.39, 0.29) is 11.3 Å². The Morgan fingerprint density at radius 2 is 1.73 bits per heavy atom. The average molecular weight is 473 g/mol. The number of likely N-dealkylation sites (N-methyl/N-ethyl adjacent to an activating group) is 1. The molecule has 1 aliphatic heterocycles. The van der Waals surface area contributed by atoms with Crippen molar-refractivity contribution in [1.82, 2.24) is 9.80 Å². The van der Waals surface area contributed by atoms with Gasteiger partial charge in [-0.3, -0.25) is 9.59 Å². The first-order valence-electron chi connectivity index (χ1n) is 9.75. The van der Waals surface area contributed by atoms with Gasteiger partial charge in [0.2, 0.25) is 0 Å². The molecular weight excluding hydrogens is 448 g/mol. The molecule has 2 aromatic rings. The molecule has 2 aromatic carbocycles. The van der Waals surface area contributed by atoms with Crippen LogP contribution in [-0.2, 0) is 9.59 Å². The number of rotatable bonds is 7. The highest BCUT2D eigenvalue weighted by molar-refractivity contribution is 9.10. The van der Waals surface area contributed by atoms with Gasteiger partial charge in [0.1, 0.15) is 11.5 Å². The van der Waals surface area contributed by atoms with Gasteiger partial charge in [-0.05, 0) is 50.8 Å². The van der Waals surface area contributed by atoms with E-state index in [2.05, 4.69) is 15.9 Å². The zero-order chi connectivity index (χ0) is 21.8. The van der Waals surface area contributed by atoms with Crippen LogP contribution in [0.5, 0.6) is 5.75 Å². The van der Waals surface area contributed by atoms with E-state index in [1.54, 1.807) is 24.3 Å². The molecule has 1 unspecified atom stereocenters. The maximum Gasteiger partial charge on any atom is 0.295 e. The van der Waals surface area contributed by atoms with Crippen molar-refractivity contribution in [2.75, 3.05) is 33.8 Å². The third-order valence-electron chi connectivity index (χ3n) is 4.95. The number of benzene rings is 2. The number of aliphatic hydroxyl groups is 1. The molecule has 0 aromatic heterocycles. The van der Waals surface area contributed by atoms with E-state index in [0.29, 0.717) is 31.0 Å². The topological polar surface area (TPSA) is 70.1 Å². The molecule has 0 spiro atoms. The van der Waals surface area contributed by atoms with Gasteiger partial charge in [0.15, 0.2) is 0 Å². The Bertz CT molecular complexity index is 952. The van der Waals surface area contributed by atoms with Crippen LogP contribution in [0.1, 0.15) is 24.1 Å². The lowest BCUT2D eigenvalue weighted by atomic mass is 9.95. The zero-order valence-corrected chi connectivity index (χ0v) is 18.8. The van der Waals surface area contributed by atoms with E-state index in [9.17, 15) is 14.7 Å². The van der Waals surface area contributed by atoms with Gasteiger partial charge in [-0.1, -0.05) is 40.2 Å². The fourth-order valence-corrected chi connectivity index (χ4v) is 3.71. The predicted octanol–water partition coefficient (Wildman–Crippen LogP) is 3.83. The molecule has 1 aliphatic rings. The molecule has 1 N–H and O–H groups in total. The third-order valence-corrected chi connectivity index (χ3v) is 5.48. The molecule has 0 bridgehead atoms. The van der Waals surface area contributed by atoms with Gasteiger partial charge in [-0.25, -0.2) is 0 Å². The number of ketones is 1. The summed E-state index contributed by atoms with van der Waals surface area (Å²) in [7, 11) is 3.81. The number of hydrogen-bond acceptors (Lipinski definition) is 5. The number of nitrogens with zero attached hydrogens (tertiary/aromatic N) is 2. The minimum absolute atomic E-state index is 0.102. The molecule has 0 aliphatic carbocycles. The van der Waals surface area contributed by atoms with Gasteiger partial charge in [0.05, 0.1) is 18.2 Å². The molecule has 0 radical (unpaired) electrons. The first kappa shape index (κ1) is 22.1. The van der Waals surface area contributed by atoms with E-state index in [0.717, 1.165) is 10.0 Å². The van der Waals surface area contributed by atoms with Crippen LogP contribution in [-0.4, -0.2) is 60.4 Å². The van der Waals surface area contributed by atoms with Crippen molar-refractivity contribution in [3.63, 3.8) is 0 Å². The fraction of sp³-hybridized carbons (Fsp3) is 0.304. The van der Waals surface area contributed by atoms with E-state index in [1.807, 2.05) is 50.2 Å². The largest absolute Gasteiger partial charge is 0.507 e. The Hall–Kier alpha value is -2.64. The summed E-state index contributed by atoms with van der Waals surface area (Å²) in [5.41, 5.74) is 1.33. The van der Waals surface area contributed by atoms with Crippen LogP contribution in [0.3, 0.4) is 0 Å². The third kappa shape index (κ3) is 4.57. The molecule has 7 heteroatoms. The lowest BCUT2D eigenvalue weighted by Crippen LogP contribution is -2.35. The number of amides is 1. The molecule has 1 atom stereocenters. The van der Waals surface area contributed by atoms with E-state index in [1.165, 1.54) is 4.90 Å².